The van der Waals surface area contributed by atoms with E-state index < -0.39 is 11.9 Å². The van der Waals surface area contributed by atoms with Gasteiger partial charge in [0, 0.05) is 11.8 Å². The molecule has 102 valence electrons. The summed E-state index contributed by atoms with van der Waals surface area (Å²) in [5.41, 5.74) is 0. The highest BCUT2D eigenvalue weighted by Crippen LogP contribution is 2.36. The molecule has 0 spiro atoms. The van der Waals surface area contributed by atoms with Crippen molar-refractivity contribution in [2.45, 2.75) is 37.9 Å². The maximum atomic E-state index is 12.1. The van der Waals surface area contributed by atoms with Crippen LogP contribution in [0.15, 0.2) is 0 Å². The number of rotatable bonds is 4. The van der Waals surface area contributed by atoms with Crippen LogP contribution in [0.5, 0.6) is 0 Å². The summed E-state index contributed by atoms with van der Waals surface area (Å²) in [4.78, 5) is 23.2. The lowest BCUT2D eigenvalue weighted by Gasteiger charge is -2.17. The van der Waals surface area contributed by atoms with Gasteiger partial charge in [0.05, 0.1) is 11.8 Å². The molecule has 4 unspecified atom stereocenters. The molecule has 1 saturated heterocycles. The first-order valence-corrected chi connectivity index (χ1v) is 7.75. The zero-order valence-electron chi connectivity index (χ0n) is 10.7. The molecule has 0 aromatic rings. The van der Waals surface area contributed by atoms with Crippen LogP contribution in [0.3, 0.4) is 0 Å². The summed E-state index contributed by atoms with van der Waals surface area (Å²) in [5.74, 6) is -0.185. The number of carbonyl (C=O) groups excluding carboxylic acids is 1. The Hall–Kier alpha value is -0.710. The van der Waals surface area contributed by atoms with E-state index in [0.29, 0.717) is 30.6 Å². The lowest BCUT2D eigenvalue weighted by molar-refractivity contribution is -0.146. The van der Waals surface area contributed by atoms with Gasteiger partial charge < -0.3 is 10.4 Å². The van der Waals surface area contributed by atoms with Crippen molar-refractivity contribution in [3.63, 3.8) is 0 Å². The van der Waals surface area contributed by atoms with Crippen molar-refractivity contribution in [3.8, 4) is 0 Å². The van der Waals surface area contributed by atoms with E-state index in [-0.39, 0.29) is 11.8 Å². The van der Waals surface area contributed by atoms with Crippen LogP contribution in [0.1, 0.15) is 32.6 Å². The van der Waals surface area contributed by atoms with Crippen LogP contribution < -0.4 is 5.32 Å². The first-order valence-electron chi connectivity index (χ1n) is 6.70. The highest BCUT2D eigenvalue weighted by atomic mass is 32.2. The molecule has 1 saturated carbocycles. The Bertz CT molecular complexity index is 328. The standard InChI is InChI=1S/C13H21NO3S/c1-8-5-10(11(6-8)13(16)17)12(15)14-7-9-3-2-4-18-9/h8-11H,2-7H2,1H3,(H,14,15)(H,16,17). The fourth-order valence-corrected chi connectivity index (χ4v) is 4.21. The van der Waals surface area contributed by atoms with Gasteiger partial charge >= 0.3 is 5.97 Å². The third-order valence-corrected chi connectivity index (χ3v) is 5.38. The largest absolute Gasteiger partial charge is 0.481 e. The van der Waals surface area contributed by atoms with E-state index in [1.807, 2.05) is 18.7 Å². The highest BCUT2D eigenvalue weighted by Gasteiger charge is 2.41. The summed E-state index contributed by atoms with van der Waals surface area (Å²) >= 11 is 1.90. The Morgan fingerprint density at radius 3 is 2.67 bits per heavy atom. The molecule has 0 bridgehead atoms. The number of aliphatic carboxylic acids is 1. The van der Waals surface area contributed by atoms with Gasteiger partial charge in [-0.3, -0.25) is 9.59 Å². The lowest BCUT2D eigenvalue weighted by atomic mass is 9.95. The minimum atomic E-state index is -0.824. The van der Waals surface area contributed by atoms with Gasteiger partial charge in [0.1, 0.15) is 0 Å². The van der Waals surface area contributed by atoms with Gasteiger partial charge in [0.2, 0.25) is 5.91 Å². The number of hydrogen-bond donors (Lipinski definition) is 2. The maximum Gasteiger partial charge on any atom is 0.307 e. The average molecular weight is 271 g/mol. The molecule has 0 aromatic heterocycles. The van der Waals surface area contributed by atoms with Gasteiger partial charge in [-0.2, -0.15) is 11.8 Å². The normalized spacial score (nSPS) is 35.6. The van der Waals surface area contributed by atoms with Crippen molar-refractivity contribution in [2.75, 3.05) is 12.3 Å². The second-order valence-corrected chi connectivity index (χ2v) is 6.92. The van der Waals surface area contributed by atoms with Crippen molar-refractivity contribution >= 4 is 23.6 Å². The first kappa shape index (κ1) is 13.7. The zero-order valence-corrected chi connectivity index (χ0v) is 11.5. The van der Waals surface area contributed by atoms with Crippen LogP contribution >= 0.6 is 11.8 Å². The Kier molecular flexibility index (Phi) is 4.54. The molecule has 2 N–H and O–H groups in total. The molecule has 2 aliphatic rings. The molecule has 1 heterocycles. The molecule has 2 fully saturated rings. The highest BCUT2D eigenvalue weighted by molar-refractivity contribution is 8.00. The second-order valence-electron chi connectivity index (χ2n) is 5.51. The minimum Gasteiger partial charge on any atom is -0.481 e. The van der Waals surface area contributed by atoms with E-state index in [1.165, 1.54) is 12.2 Å². The zero-order chi connectivity index (χ0) is 13.1. The lowest BCUT2D eigenvalue weighted by Crippen LogP contribution is -2.38. The van der Waals surface area contributed by atoms with Crippen LogP contribution in [0.2, 0.25) is 0 Å². The number of carboxylic acids is 1. The monoisotopic (exact) mass is 271 g/mol. The summed E-state index contributed by atoms with van der Waals surface area (Å²) in [7, 11) is 0. The van der Waals surface area contributed by atoms with E-state index in [2.05, 4.69) is 5.32 Å². The number of amides is 1. The van der Waals surface area contributed by atoms with E-state index in [0.717, 1.165) is 6.42 Å². The smallest absolute Gasteiger partial charge is 0.307 e. The van der Waals surface area contributed by atoms with E-state index in [9.17, 15) is 9.59 Å². The molecule has 0 aromatic carbocycles. The van der Waals surface area contributed by atoms with Gasteiger partial charge in [0.25, 0.3) is 0 Å². The number of nitrogens with one attached hydrogen (secondary N) is 1. The summed E-state index contributed by atoms with van der Waals surface area (Å²) in [6.07, 6.45) is 3.73. The molecule has 4 atom stereocenters. The Labute approximate surface area is 112 Å². The van der Waals surface area contributed by atoms with Crippen molar-refractivity contribution in [1.82, 2.24) is 5.32 Å². The first-order chi connectivity index (χ1) is 8.58. The topological polar surface area (TPSA) is 66.4 Å². The summed E-state index contributed by atoms with van der Waals surface area (Å²) in [6.45, 7) is 2.72. The van der Waals surface area contributed by atoms with Crippen LogP contribution in [-0.2, 0) is 9.59 Å². The van der Waals surface area contributed by atoms with E-state index >= 15 is 0 Å². The summed E-state index contributed by atoms with van der Waals surface area (Å²) in [6, 6.07) is 0. The molecule has 0 radical (unpaired) electrons. The van der Waals surface area contributed by atoms with Crippen LogP contribution in [0.25, 0.3) is 0 Å². The minimum absolute atomic E-state index is 0.0562. The number of carboxylic acid groups (broad SMARTS) is 1. The molecule has 1 aliphatic carbocycles. The van der Waals surface area contributed by atoms with Gasteiger partial charge in [-0.05, 0) is 37.4 Å². The van der Waals surface area contributed by atoms with Gasteiger partial charge in [-0.15, -0.1) is 0 Å². The van der Waals surface area contributed by atoms with Crippen molar-refractivity contribution < 1.29 is 14.7 Å². The fraction of sp³-hybridized carbons (Fsp3) is 0.846. The van der Waals surface area contributed by atoms with Crippen LogP contribution in [0.4, 0.5) is 0 Å². The van der Waals surface area contributed by atoms with Gasteiger partial charge in [-0.1, -0.05) is 6.92 Å². The number of thioether (sulfide) groups is 1. The van der Waals surface area contributed by atoms with E-state index in [1.54, 1.807) is 0 Å². The molecule has 4 nitrogen and oxygen atoms in total. The van der Waals surface area contributed by atoms with Crippen molar-refractivity contribution in [1.29, 1.82) is 0 Å². The Morgan fingerprint density at radius 1 is 1.33 bits per heavy atom. The Morgan fingerprint density at radius 2 is 2.06 bits per heavy atom. The third kappa shape index (κ3) is 3.19. The SMILES string of the molecule is CC1CC(C(=O)O)C(C(=O)NCC2CCCS2)C1. The quantitative estimate of drug-likeness (QED) is 0.817. The van der Waals surface area contributed by atoms with Crippen LogP contribution in [-0.4, -0.2) is 34.5 Å². The molecule has 1 amide bonds. The molecule has 5 heteroatoms. The molecule has 1 aliphatic heterocycles. The fourth-order valence-electron chi connectivity index (χ4n) is 3.01. The average Bonchev–Trinajstić information content (AvgIpc) is 2.94. The maximum absolute atomic E-state index is 12.1. The van der Waals surface area contributed by atoms with Crippen LogP contribution in [0, 0.1) is 17.8 Å². The van der Waals surface area contributed by atoms with Crippen molar-refractivity contribution in [3.05, 3.63) is 0 Å². The summed E-state index contributed by atoms with van der Waals surface area (Å²) in [5, 5.41) is 12.6. The predicted octanol–water partition coefficient (Wildman–Crippen LogP) is 1.75. The number of hydrogen-bond acceptors (Lipinski definition) is 3. The van der Waals surface area contributed by atoms with Crippen molar-refractivity contribution in [2.24, 2.45) is 17.8 Å². The summed E-state index contributed by atoms with van der Waals surface area (Å²) < 4.78 is 0. The van der Waals surface area contributed by atoms with Gasteiger partial charge in [0.15, 0.2) is 0 Å². The number of carbonyl (C=O) groups is 2. The predicted molar refractivity (Wildman–Crippen MR) is 71.5 cm³/mol. The van der Waals surface area contributed by atoms with Gasteiger partial charge in [-0.25, -0.2) is 0 Å². The Balaban J connectivity index is 1.85. The molecular formula is C13H21NO3S. The molecule has 18 heavy (non-hydrogen) atoms. The molecular weight excluding hydrogens is 250 g/mol. The molecule has 2 rings (SSSR count). The second kappa shape index (κ2) is 5.95. The van der Waals surface area contributed by atoms with E-state index in [4.69, 9.17) is 5.11 Å². The third-order valence-electron chi connectivity index (χ3n) is 3.98.